The van der Waals surface area contributed by atoms with Crippen molar-refractivity contribution < 1.29 is 4.74 Å². The van der Waals surface area contributed by atoms with Crippen molar-refractivity contribution in [2.75, 3.05) is 6.61 Å². The molecule has 0 amide bonds. The Bertz CT molecular complexity index is 203. The monoisotopic (exact) mass is 180 g/mol. The fraction of sp³-hybridized carbons (Fsp3) is 0.667. The van der Waals surface area contributed by atoms with Crippen molar-refractivity contribution in [2.45, 2.75) is 45.6 Å². The molecule has 74 valence electrons. The zero-order chi connectivity index (χ0) is 9.68. The molecule has 1 aliphatic heterocycles. The number of rotatable bonds is 5. The van der Waals surface area contributed by atoms with Crippen molar-refractivity contribution >= 4 is 0 Å². The molecule has 0 bridgehead atoms. The first-order valence-corrected chi connectivity index (χ1v) is 5.22. The minimum atomic E-state index is 0.349. The largest absolute Gasteiger partial charge is 0.370 e. The minimum absolute atomic E-state index is 0.349. The molecule has 0 aromatic rings. The van der Waals surface area contributed by atoms with Crippen LogP contribution >= 0.6 is 0 Å². The van der Waals surface area contributed by atoms with E-state index < -0.39 is 0 Å². The van der Waals surface area contributed by atoms with Crippen molar-refractivity contribution in [3.8, 4) is 0 Å². The molecule has 0 aromatic carbocycles. The summed E-state index contributed by atoms with van der Waals surface area (Å²) in [4.78, 5) is 0. The van der Waals surface area contributed by atoms with Gasteiger partial charge < -0.3 is 4.74 Å². The molecule has 0 saturated carbocycles. The molecule has 0 saturated heterocycles. The average molecular weight is 180 g/mol. The van der Waals surface area contributed by atoms with Gasteiger partial charge in [0.15, 0.2) is 0 Å². The zero-order valence-corrected chi connectivity index (χ0v) is 8.81. The van der Waals surface area contributed by atoms with Crippen LogP contribution in [0.1, 0.15) is 39.5 Å². The van der Waals surface area contributed by atoms with Gasteiger partial charge in [0.1, 0.15) is 0 Å². The first kappa shape index (κ1) is 10.5. The minimum Gasteiger partial charge on any atom is -0.370 e. The summed E-state index contributed by atoms with van der Waals surface area (Å²) < 4.78 is 5.61. The highest BCUT2D eigenvalue weighted by molar-refractivity contribution is 5.24. The summed E-state index contributed by atoms with van der Waals surface area (Å²) in [6.45, 7) is 8.98. The molecular formula is C12H20O. The van der Waals surface area contributed by atoms with Gasteiger partial charge in [0.2, 0.25) is 0 Å². The first-order chi connectivity index (χ1) is 6.29. The molecule has 1 nitrogen and oxygen atoms in total. The van der Waals surface area contributed by atoms with E-state index in [1.807, 2.05) is 6.08 Å². The Balaban J connectivity index is 2.59. The van der Waals surface area contributed by atoms with E-state index >= 15 is 0 Å². The van der Waals surface area contributed by atoms with Gasteiger partial charge in [0, 0.05) is 0 Å². The van der Waals surface area contributed by atoms with Crippen LogP contribution in [-0.4, -0.2) is 12.7 Å². The van der Waals surface area contributed by atoms with E-state index in [1.165, 1.54) is 30.4 Å². The van der Waals surface area contributed by atoms with E-state index in [1.54, 1.807) is 0 Å². The molecule has 1 unspecified atom stereocenters. The predicted molar refractivity (Wildman–Crippen MR) is 56.8 cm³/mol. The smallest absolute Gasteiger partial charge is 0.0764 e. The lowest BCUT2D eigenvalue weighted by Gasteiger charge is -2.08. The van der Waals surface area contributed by atoms with Crippen LogP contribution in [-0.2, 0) is 4.74 Å². The summed E-state index contributed by atoms with van der Waals surface area (Å²) in [5.41, 5.74) is 3.00. The fourth-order valence-corrected chi connectivity index (χ4v) is 1.82. The third-order valence-corrected chi connectivity index (χ3v) is 2.64. The van der Waals surface area contributed by atoms with Gasteiger partial charge in [0.05, 0.1) is 12.7 Å². The van der Waals surface area contributed by atoms with Crippen molar-refractivity contribution in [3.63, 3.8) is 0 Å². The Morgan fingerprint density at radius 1 is 1.62 bits per heavy atom. The standard InChI is InChI=1S/C12H20O/c1-4-6-8-12-10(3)13-9-11(12)7-5-2/h5,10H,2,4,6-9H2,1,3H3. The third kappa shape index (κ3) is 2.70. The van der Waals surface area contributed by atoms with Crippen LogP contribution in [0.4, 0.5) is 0 Å². The van der Waals surface area contributed by atoms with Crippen LogP contribution < -0.4 is 0 Å². The van der Waals surface area contributed by atoms with Gasteiger partial charge in [-0.3, -0.25) is 0 Å². The third-order valence-electron chi connectivity index (χ3n) is 2.64. The van der Waals surface area contributed by atoms with Crippen LogP contribution in [0.15, 0.2) is 23.8 Å². The van der Waals surface area contributed by atoms with Gasteiger partial charge in [-0.25, -0.2) is 0 Å². The molecule has 0 aliphatic carbocycles. The number of ether oxygens (including phenoxy) is 1. The second-order valence-corrected chi connectivity index (χ2v) is 3.68. The highest BCUT2D eigenvalue weighted by Gasteiger charge is 2.20. The zero-order valence-electron chi connectivity index (χ0n) is 8.81. The molecule has 1 atom stereocenters. The van der Waals surface area contributed by atoms with E-state index in [4.69, 9.17) is 4.74 Å². The summed E-state index contributed by atoms with van der Waals surface area (Å²) in [7, 11) is 0. The van der Waals surface area contributed by atoms with Gasteiger partial charge in [0.25, 0.3) is 0 Å². The SMILES string of the molecule is C=CCC1=C(CCCC)C(C)OC1. The highest BCUT2D eigenvalue weighted by Crippen LogP contribution is 2.27. The van der Waals surface area contributed by atoms with E-state index in [9.17, 15) is 0 Å². The van der Waals surface area contributed by atoms with E-state index in [0.29, 0.717) is 6.10 Å². The number of hydrogen-bond donors (Lipinski definition) is 0. The van der Waals surface area contributed by atoms with Gasteiger partial charge >= 0.3 is 0 Å². The summed E-state index contributed by atoms with van der Waals surface area (Å²) in [6, 6.07) is 0. The van der Waals surface area contributed by atoms with Crippen molar-refractivity contribution in [2.24, 2.45) is 0 Å². The maximum atomic E-state index is 5.61. The molecule has 1 heteroatoms. The second-order valence-electron chi connectivity index (χ2n) is 3.68. The molecule has 1 rings (SSSR count). The number of allylic oxidation sites excluding steroid dienone is 1. The van der Waals surface area contributed by atoms with E-state index in [-0.39, 0.29) is 0 Å². The molecule has 0 spiro atoms. The molecule has 1 heterocycles. The normalized spacial score (nSPS) is 22.5. The molecule has 13 heavy (non-hydrogen) atoms. The summed E-state index contributed by atoms with van der Waals surface area (Å²) in [5.74, 6) is 0. The lowest BCUT2D eigenvalue weighted by Crippen LogP contribution is -2.03. The quantitative estimate of drug-likeness (QED) is 0.589. The summed E-state index contributed by atoms with van der Waals surface area (Å²) in [5, 5.41) is 0. The first-order valence-electron chi connectivity index (χ1n) is 5.22. The van der Waals surface area contributed by atoms with Gasteiger partial charge in [-0.05, 0) is 37.3 Å². The van der Waals surface area contributed by atoms with Gasteiger partial charge in [-0.2, -0.15) is 0 Å². The van der Waals surface area contributed by atoms with Crippen molar-refractivity contribution in [3.05, 3.63) is 23.8 Å². The van der Waals surface area contributed by atoms with Crippen LogP contribution in [0.3, 0.4) is 0 Å². The Kier molecular flexibility index (Phi) is 4.23. The molecule has 0 fully saturated rings. The predicted octanol–water partition coefficient (Wildman–Crippen LogP) is 3.47. The van der Waals surface area contributed by atoms with Crippen LogP contribution in [0.5, 0.6) is 0 Å². The van der Waals surface area contributed by atoms with Gasteiger partial charge in [-0.15, -0.1) is 6.58 Å². The molecular weight excluding hydrogens is 160 g/mol. The van der Waals surface area contributed by atoms with Crippen LogP contribution in [0.2, 0.25) is 0 Å². The number of unbranched alkanes of at least 4 members (excludes halogenated alkanes) is 1. The average Bonchev–Trinajstić information content (AvgIpc) is 2.45. The highest BCUT2D eigenvalue weighted by atomic mass is 16.5. The maximum Gasteiger partial charge on any atom is 0.0764 e. The molecule has 1 aliphatic rings. The van der Waals surface area contributed by atoms with Crippen molar-refractivity contribution in [1.82, 2.24) is 0 Å². The lowest BCUT2D eigenvalue weighted by molar-refractivity contribution is 0.131. The summed E-state index contributed by atoms with van der Waals surface area (Å²) in [6.07, 6.45) is 7.08. The molecule has 0 aromatic heterocycles. The molecule has 0 radical (unpaired) electrons. The van der Waals surface area contributed by atoms with Gasteiger partial charge in [-0.1, -0.05) is 19.4 Å². The lowest BCUT2D eigenvalue weighted by atomic mass is 9.99. The fourth-order valence-electron chi connectivity index (χ4n) is 1.82. The Morgan fingerprint density at radius 2 is 2.38 bits per heavy atom. The van der Waals surface area contributed by atoms with Crippen molar-refractivity contribution in [1.29, 1.82) is 0 Å². The second kappa shape index (κ2) is 5.23. The summed E-state index contributed by atoms with van der Waals surface area (Å²) >= 11 is 0. The topological polar surface area (TPSA) is 9.23 Å². The van der Waals surface area contributed by atoms with E-state index in [2.05, 4.69) is 20.4 Å². The maximum absolute atomic E-state index is 5.61. The van der Waals surface area contributed by atoms with Crippen LogP contribution in [0.25, 0.3) is 0 Å². The Labute approximate surface area is 81.5 Å². The van der Waals surface area contributed by atoms with E-state index in [0.717, 1.165) is 13.0 Å². The number of hydrogen-bond acceptors (Lipinski definition) is 1. The Hall–Kier alpha value is -0.560. The molecule has 0 N–H and O–H groups in total. The Morgan fingerprint density at radius 3 is 3.00 bits per heavy atom. The van der Waals surface area contributed by atoms with Crippen LogP contribution in [0, 0.1) is 0 Å².